The van der Waals surface area contributed by atoms with Crippen LogP contribution in [0.3, 0.4) is 0 Å². The maximum Gasteiger partial charge on any atom is 0.407 e. The van der Waals surface area contributed by atoms with Gasteiger partial charge in [-0.25, -0.2) is 4.79 Å². The number of hydrogen-bond donors (Lipinski definition) is 1. The summed E-state index contributed by atoms with van der Waals surface area (Å²) in [4.78, 5) is 11.3. The number of hydrogen-bond acceptors (Lipinski definition) is 5. The van der Waals surface area contributed by atoms with Crippen LogP contribution < -0.4 is 5.32 Å². The van der Waals surface area contributed by atoms with E-state index < -0.39 is 5.60 Å². The number of thioether (sulfide) groups is 1. The standard InChI is InChI=1S/C12H20N2O3S/c1-9-7-10(14-17-9)8-18-6-5-13-11(15)16-12(2,3)4/h7H,5-6,8H2,1-4H3,(H,13,15). The zero-order chi connectivity index (χ0) is 13.6. The van der Waals surface area contributed by atoms with Crippen molar-refractivity contribution in [2.75, 3.05) is 12.3 Å². The smallest absolute Gasteiger partial charge is 0.407 e. The summed E-state index contributed by atoms with van der Waals surface area (Å²) >= 11 is 1.69. The fourth-order valence-electron chi connectivity index (χ4n) is 1.20. The first-order chi connectivity index (χ1) is 8.37. The highest BCUT2D eigenvalue weighted by Gasteiger charge is 2.15. The molecule has 1 rings (SSSR count). The van der Waals surface area contributed by atoms with E-state index in [0.717, 1.165) is 23.0 Å². The van der Waals surface area contributed by atoms with Crippen molar-refractivity contribution in [3.05, 3.63) is 17.5 Å². The zero-order valence-corrected chi connectivity index (χ0v) is 12.1. The highest BCUT2D eigenvalue weighted by molar-refractivity contribution is 7.98. The molecule has 0 spiro atoms. The first kappa shape index (κ1) is 14.9. The fourth-order valence-corrected chi connectivity index (χ4v) is 1.94. The number of carbonyl (C=O) groups excluding carboxylic acids is 1. The molecule has 0 aliphatic rings. The third-order valence-corrected chi connectivity index (χ3v) is 2.83. The van der Waals surface area contributed by atoms with Crippen molar-refractivity contribution in [2.45, 2.75) is 39.0 Å². The van der Waals surface area contributed by atoms with Crippen LogP contribution in [0.4, 0.5) is 4.79 Å². The van der Waals surface area contributed by atoms with Crippen LogP contribution in [0.25, 0.3) is 0 Å². The maximum absolute atomic E-state index is 11.3. The molecule has 0 bridgehead atoms. The number of ether oxygens (including phenoxy) is 1. The molecule has 102 valence electrons. The van der Waals surface area contributed by atoms with Crippen LogP contribution in [0, 0.1) is 6.92 Å². The minimum atomic E-state index is -0.449. The summed E-state index contributed by atoms with van der Waals surface area (Å²) in [6.07, 6.45) is -0.375. The minimum absolute atomic E-state index is 0.375. The lowest BCUT2D eigenvalue weighted by Crippen LogP contribution is -2.33. The van der Waals surface area contributed by atoms with Crippen molar-refractivity contribution in [2.24, 2.45) is 0 Å². The lowest BCUT2D eigenvalue weighted by Gasteiger charge is -2.19. The summed E-state index contributed by atoms with van der Waals surface area (Å²) in [7, 11) is 0. The van der Waals surface area contributed by atoms with E-state index >= 15 is 0 Å². The molecule has 1 amide bonds. The van der Waals surface area contributed by atoms with Crippen LogP contribution in [0.15, 0.2) is 10.6 Å². The number of amides is 1. The summed E-state index contributed by atoms with van der Waals surface area (Å²) in [5, 5.41) is 6.59. The Bertz CT molecular complexity index is 385. The van der Waals surface area contributed by atoms with Crippen molar-refractivity contribution in [3.8, 4) is 0 Å². The van der Waals surface area contributed by atoms with Crippen LogP contribution in [-0.4, -0.2) is 29.1 Å². The van der Waals surface area contributed by atoms with E-state index in [1.165, 1.54) is 0 Å². The van der Waals surface area contributed by atoms with Crippen LogP contribution in [0.2, 0.25) is 0 Å². The van der Waals surface area contributed by atoms with E-state index in [1.54, 1.807) is 11.8 Å². The van der Waals surface area contributed by atoms with E-state index in [-0.39, 0.29) is 6.09 Å². The molecule has 1 heterocycles. The number of aromatic nitrogens is 1. The lowest BCUT2D eigenvalue weighted by atomic mass is 10.2. The van der Waals surface area contributed by atoms with Crippen LogP contribution in [0.5, 0.6) is 0 Å². The quantitative estimate of drug-likeness (QED) is 0.835. The number of rotatable bonds is 5. The normalized spacial score (nSPS) is 11.3. The van der Waals surface area contributed by atoms with Gasteiger partial charge in [0.15, 0.2) is 0 Å². The minimum Gasteiger partial charge on any atom is -0.444 e. The molecule has 0 atom stereocenters. The van der Waals surface area contributed by atoms with Gasteiger partial charge in [0.05, 0.1) is 5.69 Å². The molecule has 6 heteroatoms. The lowest BCUT2D eigenvalue weighted by molar-refractivity contribution is 0.0531. The predicted octanol–water partition coefficient (Wildman–Crippen LogP) is 2.74. The molecule has 1 N–H and O–H groups in total. The Labute approximate surface area is 112 Å². The van der Waals surface area contributed by atoms with Crippen LogP contribution >= 0.6 is 11.8 Å². The van der Waals surface area contributed by atoms with Gasteiger partial charge in [-0.1, -0.05) is 5.16 Å². The topological polar surface area (TPSA) is 64.4 Å². The summed E-state index contributed by atoms with van der Waals surface area (Å²) in [6, 6.07) is 1.91. The van der Waals surface area contributed by atoms with Crippen molar-refractivity contribution in [1.82, 2.24) is 10.5 Å². The van der Waals surface area contributed by atoms with Crippen molar-refractivity contribution >= 4 is 17.9 Å². The third kappa shape index (κ3) is 6.54. The molecule has 0 unspecified atom stereocenters. The number of carbonyl (C=O) groups is 1. The average molecular weight is 272 g/mol. The molecule has 1 aromatic rings. The first-order valence-corrected chi connectivity index (χ1v) is 6.99. The second-order valence-electron chi connectivity index (χ2n) is 4.91. The SMILES string of the molecule is Cc1cc(CSCCNC(=O)OC(C)(C)C)no1. The van der Waals surface area contributed by atoms with E-state index in [1.807, 2.05) is 33.8 Å². The summed E-state index contributed by atoms with van der Waals surface area (Å²) in [5.74, 6) is 2.41. The van der Waals surface area contributed by atoms with E-state index in [0.29, 0.717) is 6.54 Å². The second-order valence-corrected chi connectivity index (χ2v) is 6.02. The molecule has 0 fully saturated rings. The molecule has 18 heavy (non-hydrogen) atoms. The van der Waals surface area contributed by atoms with Crippen molar-refractivity contribution in [1.29, 1.82) is 0 Å². The van der Waals surface area contributed by atoms with Gasteiger partial charge in [0.1, 0.15) is 11.4 Å². The molecule has 0 radical (unpaired) electrons. The highest BCUT2D eigenvalue weighted by Crippen LogP contribution is 2.11. The summed E-state index contributed by atoms with van der Waals surface area (Å²) in [5.41, 5.74) is 0.477. The summed E-state index contributed by atoms with van der Waals surface area (Å²) in [6.45, 7) is 7.97. The van der Waals surface area contributed by atoms with Gasteiger partial charge in [0.25, 0.3) is 0 Å². The van der Waals surface area contributed by atoms with Crippen molar-refractivity contribution < 1.29 is 14.1 Å². The molecule has 0 saturated heterocycles. The Kier molecular flexibility index (Phi) is 5.53. The van der Waals surface area contributed by atoms with Gasteiger partial charge in [-0.05, 0) is 27.7 Å². The predicted molar refractivity (Wildman–Crippen MR) is 71.6 cm³/mol. The van der Waals surface area contributed by atoms with Crippen molar-refractivity contribution in [3.63, 3.8) is 0 Å². The molecule has 0 aliphatic heterocycles. The Morgan fingerprint density at radius 2 is 2.28 bits per heavy atom. The zero-order valence-electron chi connectivity index (χ0n) is 11.3. The number of alkyl carbamates (subject to hydrolysis) is 1. The molecular weight excluding hydrogens is 252 g/mol. The first-order valence-electron chi connectivity index (χ1n) is 5.83. The molecular formula is C12H20N2O3S. The number of aryl methyl sites for hydroxylation is 1. The molecule has 5 nitrogen and oxygen atoms in total. The van der Waals surface area contributed by atoms with Gasteiger partial charge in [0.2, 0.25) is 0 Å². The van der Waals surface area contributed by atoms with Crippen LogP contribution in [0.1, 0.15) is 32.2 Å². The second kappa shape index (κ2) is 6.68. The fraction of sp³-hybridized carbons (Fsp3) is 0.667. The van der Waals surface area contributed by atoms with Crippen LogP contribution in [-0.2, 0) is 10.5 Å². The monoisotopic (exact) mass is 272 g/mol. The van der Waals surface area contributed by atoms with Gasteiger partial charge >= 0.3 is 6.09 Å². The van der Waals surface area contributed by atoms with E-state index in [9.17, 15) is 4.79 Å². The third-order valence-electron chi connectivity index (χ3n) is 1.84. The molecule has 0 aliphatic carbocycles. The van der Waals surface area contributed by atoms with Gasteiger partial charge in [-0.2, -0.15) is 11.8 Å². The highest BCUT2D eigenvalue weighted by atomic mass is 32.2. The number of nitrogens with zero attached hydrogens (tertiary/aromatic N) is 1. The van der Waals surface area contributed by atoms with E-state index in [2.05, 4.69) is 10.5 Å². The van der Waals surface area contributed by atoms with Gasteiger partial charge in [0, 0.05) is 24.1 Å². The Morgan fingerprint density at radius 1 is 1.56 bits per heavy atom. The molecule has 0 aromatic carbocycles. The average Bonchev–Trinajstić information content (AvgIpc) is 2.61. The van der Waals surface area contributed by atoms with Gasteiger partial charge in [-0.15, -0.1) is 0 Å². The van der Waals surface area contributed by atoms with Gasteiger partial charge < -0.3 is 14.6 Å². The molecule has 1 aromatic heterocycles. The van der Waals surface area contributed by atoms with Gasteiger partial charge in [-0.3, -0.25) is 0 Å². The maximum atomic E-state index is 11.3. The Balaban J connectivity index is 2.07. The molecule has 0 saturated carbocycles. The Hall–Kier alpha value is -1.17. The number of nitrogens with one attached hydrogen (secondary N) is 1. The largest absolute Gasteiger partial charge is 0.444 e. The Morgan fingerprint density at radius 3 is 2.83 bits per heavy atom. The van der Waals surface area contributed by atoms with E-state index in [4.69, 9.17) is 9.26 Å². The summed E-state index contributed by atoms with van der Waals surface area (Å²) < 4.78 is 10.1.